The van der Waals surface area contributed by atoms with Crippen molar-refractivity contribution in [1.29, 1.82) is 0 Å². The predicted octanol–water partition coefficient (Wildman–Crippen LogP) is 4.29. The molecule has 4 amide bonds. The summed E-state index contributed by atoms with van der Waals surface area (Å²) < 4.78 is 4.99. The zero-order valence-electron chi connectivity index (χ0n) is 20.2. The van der Waals surface area contributed by atoms with Gasteiger partial charge in [0.05, 0.1) is 6.54 Å². The van der Waals surface area contributed by atoms with Crippen LogP contribution in [0.15, 0.2) is 61.2 Å². The summed E-state index contributed by atoms with van der Waals surface area (Å²) in [6.45, 7) is 3.13. The van der Waals surface area contributed by atoms with Crippen molar-refractivity contribution in [2.45, 2.75) is 0 Å². The maximum atomic E-state index is 13.4. The second-order valence-corrected chi connectivity index (χ2v) is 9.45. The van der Waals surface area contributed by atoms with Gasteiger partial charge < -0.3 is 4.74 Å². The zero-order chi connectivity index (χ0) is 26.5. The first kappa shape index (κ1) is 22.1. The summed E-state index contributed by atoms with van der Waals surface area (Å²) in [5.41, 5.74) is 1.71. The normalized spacial score (nSPS) is 15.0. The van der Waals surface area contributed by atoms with Gasteiger partial charge in [-0.3, -0.25) is 29.0 Å². The summed E-state index contributed by atoms with van der Waals surface area (Å²) >= 11 is 0. The molecule has 0 saturated heterocycles. The van der Waals surface area contributed by atoms with Gasteiger partial charge in [-0.2, -0.15) is 0 Å². The second-order valence-electron chi connectivity index (χ2n) is 9.45. The standard InChI is InChI=1S/C30H18N2O6/c1-3-22(33)38-13-12-32-29(36)20-10-6-16-14-4-8-18-25-19(28(35)31(2)27(18)34)9-5-15(23(14)25)17-7-11-21(30(32)37)26(20)24(16)17/h3-11H,1,12-13H2,2H3. The van der Waals surface area contributed by atoms with Gasteiger partial charge in [-0.05, 0) is 56.6 Å². The SMILES string of the molecule is C=CC(=O)OCCN1C(=O)c2ccc3c4ccc5c6c(ccc(c7ccc(c2c37)C1=O)c64)C(=O)N(C)C5=O. The van der Waals surface area contributed by atoms with E-state index in [1.54, 1.807) is 24.3 Å². The third kappa shape index (κ3) is 2.61. The molecule has 5 aromatic rings. The number of imide groups is 2. The lowest BCUT2D eigenvalue weighted by Gasteiger charge is -2.29. The Bertz CT molecular complexity index is 1870. The molecule has 0 radical (unpaired) electrons. The number of hydrogen-bond acceptors (Lipinski definition) is 6. The minimum Gasteiger partial charge on any atom is -0.461 e. The Labute approximate surface area is 215 Å². The molecule has 8 heteroatoms. The number of nitrogens with zero attached hydrogens (tertiary/aromatic N) is 2. The van der Waals surface area contributed by atoms with Gasteiger partial charge in [0, 0.05) is 46.1 Å². The molecule has 0 atom stereocenters. The van der Waals surface area contributed by atoms with Crippen LogP contribution in [-0.2, 0) is 9.53 Å². The molecule has 0 spiro atoms. The molecule has 7 rings (SSSR count). The molecule has 0 bridgehead atoms. The number of rotatable bonds is 4. The smallest absolute Gasteiger partial charge is 0.330 e. The Morgan fingerprint density at radius 1 is 0.684 bits per heavy atom. The van der Waals surface area contributed by atoms with Crippen molar-refractivity contribution < 1.29 is 28.7 Å². The van der Waals surface area contributed by atoms with Crippen LogP contribution >= 0.6 is 0 Å². The Hall–Kier alpha value is -5.11. The molecular formula is C30H18N2O6. The molecule has 2 aliphatic heterocycles. The van der Waals surface area contributed by atoms with Crippen molar-refractivity contribution in [3.8, 4) is 0 Å². The lowest BCUT2D eigenvalue weighted by atomic mass is 9.82. The zero-order valence-corrected chi connectivity index (χ0v) is 20.2. The van der Waals surface area contributed by atoms with Crippen LogP contribution in [0.5, 0.6) is 0 Å². The molecule has 2 heterocycles. The largest absolute Gasteiger partial charge is 0.461 e. The summed E-state index contributed by atoms with van der Waals surface area (Å²) in [6, 6.07) is 14.3. The predicted molar refractivity (Wildman–Crippen MR) is 141 cm³/mol. The fourth-order valence-corrected chi connectivity index (χ4v) is 5.94. The van der Waals surface area contributed by atoms with Gasteiger partial charge in [0.1, 0.15) is 6.61 Å². The third-order valence-corrected chi connectivity index (χ3v) is 7.65. The Balaban J connectivity index is 1.50. The minimum atomic E-state index is -0.630. The number of amides is 4. The highest BCUT2D eigenvalue weighted by atomic mass is 16.5. The van der Waals surface area contributed by atoms with Crippen molar-refractivity contribution in [3.05, 3.63) is 83.4 Å². The Morgan fingerprint density at radius 3 is 1.47 bits per heavy atom. The van der Waals surface area contributed by atoms with Crippen molar-refractivity contribution in [1.82, 2.24) is 9.80 Å². The molecule has 0 N–H and O–H groups in total. The summed E-state index contributed by atoms with van der Waals surface area (Å²) in [5, 5.41) is 6.10. The van der Waals surface area contributed by atoms with E-state index in [1.807, 2.05) is 24.3 Å². The maximum Gasteiger partial charge on any atom is 0.330 e. The van der Waals surface area contributed by atoms with E-state index in [4.69, 9.17) is 4.74 Å². The average Bonchev–Trinajstić information content (AvgIpc) is 2.94. The summed E-state index contributed by atoms with van der Waals surface area (Å²) in [7, 11) is 1.48. The van der Waals surface area contributed by atoms with E-state index < -0.39 is 17.8 Å². The fraction of sp³-hybridized carbons (Fsp3) is 0.100. The number of fused-ring (bicyclic) bond motifs is 2. The molecule has 0 aromatic heterocycles. The van der Waals surface area contributed by atoms with Gasteiger partial charge in [0.25, 0.3) is 23.6 Å². The molecular weight excluding hydrogens is 484 g/mol. The number of carbonyl (C=O) groups is 5. The van der Waals surface area contributed by atoms with Gasteiger partial charge >= 0.3 is 5.97 Å². The van der Waals surface area contributed by atoms with Gasteiger partial charge in [-0.25, -0.2) is 4.79 Å². The highest BCUT2D eigenvalue weighted by Crippen LogP contribution is 2.46. The molecule has 0 fully saturated rings. The summed E-state index contributed by atoms with van der Waals surface area (Å²) in [5.74, 6) is -2.25. The van der Waals surface area contributed by atoms with Crippen LogP contribution in [0.25, 0.3) is 43.1 Å². The number of esters is 1. The molecule has 8 nitrogen and oxygen atoms in total. The van der Waals surface area contributed by atoms with Gasteiger partial charge in [-0.1, -0.05) is 30.8 Å². The summed E-state index contributed by atoms with van der Waals surface area (Å²) in [6.07, 6.45) is 1.02. The highest BCUT2D eigenvalue weighted by Gasteiger charge is 2.35. The number of hydrogen-bond donors (Lipinski definition) is 0. The highest BCUT2D eigenvalue weighted by molar-refractivity contribution is 6.41. The van der Waals surface area contributed by atoms with Crippen molar-refractivity contribution >= 4 is 72.7 Å². The van der Waals surface area contributed by atoms with Crippen LogP contribution in [0.2, 0.25) is 0 Å². The van der Waals surface area contributed by atoms with E-state index in [1.165, 1.54) is 7.05 Å². The topological polar surface area (TPSA) is 101 Å². The van der Waals surface area contributed by atoms with Crippen molar-refractivity contribution in [3.63, 3.8) is 0 Å². The lowest BCUT2D eigenvalue weighted by molar-refractivity contribution is -0.137. The number of ether oxygens (including phenoxy) is 1. The lowest BCUT2D eigenvalue weighted by Crippen LogP contribution is -2.42. The molecule has 5 aromatic carbocycles. The molecule has 0 aliphatic carbocycles. The number of carbonyl (C=O) groups excluding carboxylic acids is 5. The molecule has 2 aliphatic rings. The first-order chi connectivity index (χ1) is 18.3. The van der Waals surface area contributed by atoms with Crippen LogP contribution in [0.1, 0.15) is 41.4 Å². The van der Waals surface area contributed by atoms with Crippen LogP contribution in [0, 0.1) is 0 Å². The summed E-state index contributed by atoms with van der Waals surface area (Å²) in [4.78, 5) is 66.4. The van der Waals surface area contributed by atoms with Gasteiger partial charge in [0.15, 0.2) is 0 Å². The van der Waals surface area contributed by atoms with Crippen LogP contribution in [-0.4, -0.2) is 59.6 Å². The van der Waals surface area contributed by atoms with Crippen molar-refractivity contribution in [2.24, 2.45) is 0 Å². The molecule has 184 valence electrons. The third-order valence-electron chi connectivity index (χ3n) is 7.65. The van der Waals surface area contributed by atoms with Crippen LogP contribution < -0.4 is 0 Å². The van der Waals surface area contributed by atoms with E-state index in [2.05, 4.69) is 6.58 Å². The van der Waals surface area contributed by atoms with Gasteiger partial charge in [-0.15, -0.1) is 0 Å². The molecule has 0 unspecified atom stereocenters. The van der Waals surface area contributed by atoms with E-state index in [9.17, 15) is 24.0 Å². The van der Waals surface area contributed by atoms with Crippen molar-refractivity contribution in [2.75, 3.05) is 20.2 Å². The maximum absolute atomic E-state index is 13.4. The molecule has 38 heavy (non-hydrogen) atoms. The van der Waals surface area contributed by atoms with Crippen LogP contribution in [0.3, 0.4) is 0 Å². The van der Waals surface area contributed by atoms with E-state index in [0.29, 0.717) is 33.0 Å². The van der Waals surface area contributed by atoms with E-state index in [-0.39, 0.29) is 25.0 Å². The quantitative estimate of drug-likeness (QED) is 0.120. The van der Waals surface area contributed by atoms with E-state index in [0.717, 1.165) is 48.2 Å². The van der Waals surface area contributed by atoms with Crippen LogP contribution in [0.4, 0.5) is 0 Å². The second kappa shape index (κ2) is 7.45. The van der Waals surface area contributed by atoms with E-state index >= 15 is 0 Å². The first-order valence-corrected chi connectivity index (χ1v) is 12.0. The Morgan fingerprint density at radius 2 is 1.08 bits per heavy atom. The Kier molecular flexibility index (Phi) is 4.34. The molecule has 0 saturated carbocycles. The monoisotopic (exact) mass is 502 g/mol. The first-order valence-electron chi connectivity index (χ1n) is 12.0. The minimum absolute atomic E-state index is 0.0775. The number of benzene rings is 5. The van der Waals surface area contributed by atoms with Gasteiger partial charge in [0.2, 0.25) is 0 Å². The average molecular weight is 502 g/mol. The fourth-order valence-electron chi connectivity index (χ4n) is 5.94.